The summed E-state index contributed by atoms with van der Waals surface area (Å²) in [4.78, 5) is 11.4. The maximum Gasteiger partial charge on any atom is 0.233 e. The van der Waals surface area contributed by atoms with Gasteiger partial charge in [0.25, 0.3) is 0 Å². The lowest BCUT2D eigenvalue weighted by Crippen LogP contribution is -2.41. The van der Waals surface area contributed by atoms with Crippen molar-refractivity contribution in [2.75, 3.05) is 13.1 Å². The van der Waals surface area contributed by atoms with Crippen molar-refractivity contribution in [1.82, 2.24) is 5.32 Å². The highest BCUT2D eigenvalue weighted by atomic mass is 79.9. The zero-order valence-electron chi connectivity index (χ0n) is 10.4. The van der Waals surface area contributed by atoms with Gasteiger partial charge in [0.1, 0.15) is 0 Å². The van der Waals surface area contributed by atoms with Gasteiger partial charge in [0.05, 0.1) is 6.54 Å². The maximum absolute atomic E-state index is 11.4. The largest absolute Gasteiger partial charge is 0.354 e. The Bertz CT molecular complexity index is 410. The standard InChI is InChI=1S/C14H19BrN2O/c15-12-5-3-11(4-6-12)14(7-1-2-8-14)10-17-13(18)9-16/h3-6H,1-2,7-10,16H2,(H,17,18). The molecule has 1 aliphatic carbocycles. The van der Waals surface area contributed by atoms with E-state index in [1.54, 1.807) is 0 Å². The average molecular weight is 311 g/mol. The Morgan fingerprint density at radius 3 is 2.44 bits per heavy atom. The summed E-state index contributed by atoms with van der Waals surface area (Å²) < 4.78 is 1.09. The van der Waals surface area contributed by atoms with E-state index < -0.39 is 0 Å². The number of halogens is 1. The van der Waals surface area contributed by atoms with Crippen LogP contribution in [0.15, 0.2) is 28.7 Å². The molecule has 0 unspecified atom stereocenters. The Hall–Kier alpha value is -0.870. The Balaban J connectivity index is 2.16. The molecular weight excluding hydrogens is 292 g/mol. The molecule has 0 spiro atoms. The van der Waals surface area contributed by atoms with Gasteiger partial charge >= 0.3 is 0 Å². The first-order valence-corrected chi connectivity index (χ1v) is 7.18. The van der Waals surface area contributed by atoms with Gasteiger partial charge in [-0.3, -0.25) is 4.79 Å². The highest BCUT2D eigenvalue weighted by Gasteiger charge is 2.35. The lowest BCUT2D eigenvalue weighted by atomic mass is 9.79. The molecule has 0 atom stereocenters. The van der Waals surface area contributed by atoms with Gasteiger partial charge in [-0.15, -0.1) is 0 Å². The molecule has 3 N–H and O–H groups in total. The predicted molar refractivity (Wildman–Crippen MR) is 76.4 cm³/mol. The van der Waals surface area contributed by atoms with Crippen molar-refractivity contribution < 1.29 is 4.79 Å². The summed E-state index contributed by atoms with van der Waals surface area (Å²) in [7, 11) is 0. The monoisotopic (exact) mass is 310 g/mol. The van der Waals surface area contributed by atoms with Crippen LogP contribution in [0.5, 0.6) is 0 Å². The first kappa shape index (κ1) is 13.6. The summed E-state index contributed by atoms with van der Waals surface area (Å²) in [6.07, 6.45) is 4.74. The molecule has 4 heteroatoms. The molecule has 1 aliphatic rings. The minimum Gasteiger partial charge on any atom is -0.354 e. The van der Waals surface area contributed by atoms with Crippen LogP contribution >= 0.6 is 15.9 Å². The Morgan fingerprint density at radius 1 is 1.28 bits per heavy atom. The van der Waals surface area contributed by atoms with Crippen LogP contribution in [0.2, 0.25) is 0 Å². The number of benzene rings is 1. The molecule has 2 rings (SSSR count). The maximum atomic E-state index is 11.4. The third-order valence-electron chi connectivity index (χ3n) is 3.83. The molecule has 0 bridgehead atoms. The first-order chi connectivity index (χ1) is 8.66. The number of nitrogens with two attached hydrogens (primary N) is 1. The fourth-order valence-corrected chi connectivity index (χ4v) is 3.03. The third-order valence-corrected chi connectivity index (χ3v) is 4.36. The molecule has 0 heterocycles. The topological polar surface area (TPSA) is 55.1 Å². The van der Waals surface area contributed by atoms with Crippen molar-refractivity contribution >= 4 is 21.8 Å². The van der Waals surface area contributed by atoms with Gasteiger partial charge in [0, 0.05) is 16.4 Å². The van der Waals surface area contributed by atoms with E-state index in [1.165, 1.54) is 18.4 Å². The fourth-order valence-electron chi connectivity index (χ4n) is 2.76. The minimum atomic E-state index is -0.0709. The number of amides is 1. The highest BCUT2D eigenvalue weighted by molar-refractivity contribution is 9.10. The van der Waals surface area contributed by atoms with Crippen LogP contribution in [0.3, 0.4) is 0 Å². The van der Waals surface area contributed by atoms with E-state index in [-0.39, 0.29) is 17.9 Å². The van der Waals surface area contributed by atoms with Crippen molar-refractivity contribution in [3.8, 4) is 0 Å². The van der Waals surface area contributed by atoms with Crippen LogP contribution in [0, 0.1) is 0 Å². The molecule has 0 radical (unpaired) electrons. The second-order valence-corrected chi connectivity index (χ2v) is 5.89. The Morgan fingerprint density at radius 2 is 1.89 bits per heavy atom. The van der Waals surface area contributed by atoms with Crippen LogP contribution in [0.25, 0.3) is 0 Å². The quantitative estimate of drug-likeness (QED) is 0.897. The van der Waals surface area contributed by atoms with E-state index >= 15 is 0 Å². The average Bonchev–Trinajstić information content (AvgIpc) is 2.87. The fraction of sp³-hybridized carbons (Fsp3) is 0.500. The molecule has 1 fully saturated rings. The van der Waals surface area contributed by atoms with Gasteiger partial charge in [0.2, 0.25) is 5.91 Å². The van der Waals surface area contributed by atoms with Crippen molar-refractivity contribution in [3.05, 3.63) is 34.3 Å². The van der Waals surface area contributed by atoms with E-state index in [4.69, 9.17) is 5.73 Å². The van der Waals surface area contributed by atoms with Crippen molar-refractivity contribution in [3.63, 3.8) is 0 Å². The van der Waals surface area contributed by atoms with Crippen LogP contribution < -0.4 is 11.1 Å². The summed E-state index contributed by atoms with van der Waals surface area (Å²) >= 11 is 3.46. The van der Waals surface area contributed by atoms with E-state index in [1.807, 2.05) is 0 Å². The van der Waals surface area contributed by atoms with Crippen LogP contribution in [0.4, 0.5) is 0 Å². The van der Waals surface area contributed by atoms with Crippen molar-refractivity contribution in [2.45, 2.75) is 31.1 Å². The number of hydrogen-bond donors (Lipinski definition) is 2. The molecule has 3 nitrogen and oxygen atoms in total. The molecule has 1 amide bonds. The molecule has 18 heavy (non-hydrogen) atoms. The second-order valence-electron chi connectivity index (χ2n) is 4.98. The van der Waals surface area contributed by atoms with E-state index in [2.05, 4.69) is 45.5 Å². The normalized spacial score (nSPS) is 17.7. The lowest BCUT2D eigenvalue weighted by Gasteiger charge is -2.30. The first-order valence-electron chi connectivity index (χ1n) is 6.39. The summed E-state index contributed by atoms with van der Waals surface area (Å²) in [5.41, 5.74) is 6.76. The van der Waals surface area contributed by atoms with E-state index in [9.17, 15) is 4.79 Å². The zero-order chi connectivity index (χ0) is 13.0. The molecule has 1 aromatic rings. The number of carbonyl (C=O) groups is 1. The van der Waals surface area contributed by atoms with Crippen molar-refractivity contribution in [1.29, 1.82) is 0 Å². The lowest BCUT2D eigenvalue weighted by molar-refractivity contribution is -0.120. The molecule has 0 saturated heterocycles. The smallest absolute Gasteiger partial charge is 0.233 e. The number of nitrogens with one attached hydrogen (secondary N) is 1. The van der Waals surface area contributed by atoms with E-state index in [0.29, 0.717) is 6.54 Å². The number of rotatable bonds is 4. The minimum absolute atomic E-state index is 0.0659. The second kappa shape index (κ2) is 5.85. The van der Waals surface area contributed by atoms with Gasteiger partial charge in [-0.2, -0.15) is 0 Å². The number of carbonyl (C=O) groups excluding carboxylic acids is 1. The van der Waals surface area contributed by atoms with Gasteiger partial charge in [-0.05, 0) is 30.5 Å². The molecule has 98 valence electrons. The van der Waals surface area contributed by atoms with Crippen LogP contribution in [0.1, 0.15) is 31.2 Å². The predicted octanol–water partition coefficient (Wildman–Crippen LogP) is 2.34. The van der Waals surface area contributed by atoms with Crippen LogP contribution in [-0.4, -0.2) is 19.0 Å². The van der Waals surface area contributed by atoms with Gasteiger partial charge in [-0.1, -0.05) is 40.9 Å². The number of hydrogen-bond acceptors (Lipinski definition) is 2. The third kappa shape index (κ3) is 2.93. The van der Waals surface area contributed by atoms with E-state index in [0.717, 1.165) is 17.3 Å². The van der Waals surface area contributed by atoms with Gasteiger partial charge < -0.3 is 11.1 Å². The molecule has 1 aromatic carbocycles. The molecule has 0 aliphatic heterocycles. The Kier molecular flexibility index (Phi) is 4.40. The summed E-state index contributed by atoms with van der Waals surface area (Å²) in [6.45, 7) is 0.765. The molecular formula is C14H19BrN2O. The van der Waals surface area contributed by atoms with Crippen molar-refractivity contribution in [2.24, 2.45) is 5.73 Å². The highest BCUT2D eigenvalue weighted by Crippen LogP contribution is 2.40. The Labute approximate surface area is 116 Å². The summed E-state index contributed by atoms with van der Waals surface area (Å²) in [5, 5.41) is 2.95. The SMILES string of the molecule is NCC(=O)NCC1(c2ccc(Br)cc2)CCCC1. The summed E-state index contributed by atoms with van der Waals surface area (Å²) in [6, 6.07) is 8.45. The molecule has 1 saturated carbocycles. The zero-order valence-corrected chi connectivity index (χ0v) is 12.0. The molecule has 0 aromatic heterocycles. The summed E-state index contributed by atoms with van der Waals surface area (Å²) in [5.74, 6) is -0.0709. The van der Waals surface area contributed by atoms with Crippen LogP contribution in [-0.2, 0) is 10.2 Å². The van der Waals surface area contributed by atoms with Gasteiger partial charge in [-0.25, -0.2) is 0 Å². The van der Waals surface area contributed by atoms with Gasteiger partial charge in [0.15, 0.2) is 0 Å².